The fraction of sp³-hybridized carbons (Fsp3) is 0.800. The zero-order valence-corrected chi connectivity index (χ0v) is 13.9. The second-order valence-corrected chi connectivity index (χ2v) is 7.12. The molecular weight excluding hydrogens is 265 g/mol. The fourth-order valence-corrected chi connectivity index (χ4v) is 2.55. The van der Waals surface area contributed by atoms with Gasteiger partial charge in [-0.05, 0) is 66.9 Å². The molecule has 0 saturated carbocycles. The summed E-state index contributed by atoms with van der Waals surface area (Å²) in [5.41, 5.74) is 0.00765. The van der Waals surface area contributed by atoms with Crippen LogP contribution in [0.3, 0.4) is 0 Å². The lowest BCUT2D eigenvalue weighted by Crippen LogP contribution is -2.41. The summed E-state index contributed by atoms with van der Waals surface area (Å²) in [6, 6.07) is 0.471. The third-order valence-corrected chi connectivity index (χ3v) is 4.90. The Morgan fingerprint density at radius 1 is 1.19 bits per heavy atom. The van der Waals surface area contributed by atoms with E-state index in [1.54, 1.807) is 0 Å². The molecular formula is C15H28BN3O2. The average molecular weight is 293 g/mol. The van der Waals surface area contributed by atoms with Gasteiger partial charge in [-0.15, -0.1) is 0 Å². The zero-order chi connectivity index (χ0) is 15.7. The molecule has 5 nitrogen and oxygen atoms in total. The highest BCUT2D eigenvalue weighted by Crippen LogP contribution is 2.38. The lowest BCUT2D eigenvalue weighted by Gasteiger charge is -2.32. The Kier molecular flexibility index (Phi) is 4.80. The Balaban J connectivity index is 1.97. The van der Waals surface area contributed by atoms with Gasteiger partial charge in [0, 0.05) is 17.7 Å². The Morgan fingerprint density at radius 2 is 1.71 bits per heavy atom. The van der Waals surface area contributed by atoms with Crippen LogP contribution in [0.25, 0.3) is 0 Å². The van der Waals surface area contributed by atoms with Gasteiger partial charge in [0.1, 0.15) is 0 Å². The summed E-state index contributed by atoms with van der Waals surface area (Å²) in [5, 5.41) is 11.1. The van der Waals surface area contributed by atoms with Crippen LogP contribution in [0.4, 0.5) is 0 Å². The van der Waals surface area contributed by atoms with Gasteiger partial charge in [0.25, 0.3) is 0 Å². The molecule has 2 fully saturated rings. The first-order valence-electron chi connectivity index (χ1n) is 7.76. The maximum atomic E-state index is 7.63. The van der Waals surface area contributed by atoms with Crippen molar-refractivity contribution in [3.63, 3.8) is 0 Å². The summed E-state index contributed by atoms with van der Waals surface area (Å²) in [4.78, 5) is 2.34. The van der Waals surface area contributed by atoms with Crippen molar-refractivity contribution in [1.29, 1.82) is 5.41 Å². The van der Waals surface area contributed by atoms with Gasteiger partial charge in [0.15, 0.2) is 0 Å². The van der Waals surface area contributed by atoms with Crippen molar-refractivity contribution in [2.75, 3.05) is 20.1 Å². The normalized spacial score (nSPS) is 26.9. The molecule has 0 unspecified atom stereocenters. The maximum Gasteiger partial charge on any atom is 0.497 e. The van der Waals surface area contributed by atoms with Gasteiger partial charge < -0.3 is 24.9 Å². The third kappa shape index (κ3) is 3.68. The van der Waals surface area contributed by atoms with Crippen LogP contribution in [0, 0.1) is 5.41 Å². The minimum Gasteiger partial charge on any atom is -0.399 e. The Bertz CT molecular complexity index is 399. The van der Waals surface area contributed by atoms with E-state index in [1.165, 1.54) is 6.21 Å². The first-order chi connectivity index (χ1) is 9.75. The number of nitrogens with zero attached hydrogens (tertiary/aromatic N) is 1. The fourth-order valence-electron chi connectivity index (χ4n) is 2.55. The topological polar surface area (TPSA) is 57.6 Å². The molecule has 0 aromatic rings. The van der Waals surface area contributed by atoms with Gasteiger partial charge in [0.2, 0.25) is 0 Å². The second-order valence-electron chi connectivity index (χ2n) is 7.12. The van der Waals surface area contributed by atoms with Gasteiger partial charge in [-0.25, -0.2) is 0 Å². The van der Waals surface area contributed by atoms with Gasteiger partial charge >= 0.3 is 7.12 Å². The first-order valence-corrected chi connectivity index (χ1v) is 7.76. The van der Waals surface area contributed by atoms with Crippen molar-refractivity contribution >= 4 is 13.3 Å². The molecule has 2 rings (SSSR count). The largest absolute Gasteiger partial charge is 0.497 e. The molecule has 0 spiro atoms. The van der Waals surface area contributed by atoms with Gasteiger partial charge in [-0.1, -0.05) is 0 Å². The van der Waals surface area contributed by atoms with Crippen molar-refractivity contribution in [3.8, 4) is 0 Å². The van der Waals surface area contributed by atoms with E-state index in [-0.39, 0.29) is 11.2 Å². The first kappa shape index (κ1) is 16.5. The molecule has 0 bridgehead atoms. The molecule has 0 aromatic carbocycles. The van der Waals surface area contributed by atoms with Gasteiger partial charge in [-0.3, -0.25) is 0 Å². The summed E-state index contributed by atoms with van der Waals surface area (Å²) >= 11 is 0. The van der Waals surface area contributed by atoms with Crippen molar-refractivity contribution < 1.29 is 9.31 Å². The molecule has 2 saturated heterocycles. The van der Waals surface area contributed by atoms with Crippen molar-refractivity contribution in [3.05, 3.63) is 11.7 Å². The summed E-state index contributed by atoms with van der Waals surface area (Å²) in [6.07, 6.45) is 5.47. The van der Waals surface area contributed by atoms with Gasteiger partial charge in [-0.2, -0.15) is 0 Å². The molecule has 2 aliphatic rings. The number of piperidine rings is 1. The molecule has 2 N–H and O–H groups in total. The molecule has 21 heavy (non-hydrogen) atoms. The van der Waals surface area contributed by atoms with Crippen LogP contribution in [-0.2, 0) is 9.31 Å². The minimum absolute atomic E-state index is 0.368. The molecule has 6 heteroatoms. The minimum atomic E-state index is -0.466. The van der Waals surface area contributed by atoms with E-state index in [1.807, 2.05) is 33.9 Å². The molecule has 0 aromatic heterocycles. The monoisotopic (exact) mass is 293 g/mol. The van der Waals surface area contributed by atoms with E-state index < -0.39 is 7.12 Å². The van der Waals surface area contributed by atoms with Crippen LogP contribution >= 0.6 is 0 Å². The van der Waals surface area contributed by atoms with Crippen molar-refractivity contribution in [2.45, 2.75) is 57.8 Å². The molecule has 2 aliphatic heterocycles. The molecule has 0 aliphatic carbocycles. The third-order valence-electron chi connectivity index (χ3n) is 4.90. The van der Waals surface area contributed by atoms with Crippen LogP contribution in [-0.4, -0.2) is 55.6 Å². The summed E-state index contributed by atoms with van der Waals surface area (Å²) < 4.78 is 12.0. The lowest BCUT2D eigenvalue weighted by molar-refractivity contribution is 0.00578. The SMILES string of the molecule is CN1CCC(N/C=C(\C=N)B2OC(C)(C)C(C)(C)O2)CC1. The number of hydrogen-bond donors (Lipinski definition) is 2. The maximum absolute atomic E-state index is 7.63. The van der Waals surface area contributed by atoms with Crippen LogP contribution in [0.5, 0.6) is 0 Å². The Hall–Kier alpha value is -0.845. The quantitative estimate of drug-likeness (QED) is 0.613. The standard InChI is InChI=1S/C15H28BN3O2/c1-14(2)15(3,4)21-16(20-14)12(10-17)11-18-13-6-8-19(5)9-7-13/h10-11,13,17-18H,6-9H2,1-5H3/b12-11+,17-10?. The smallest absolute Gasteiger partial charge is 0.399 e. The highest BCUT2D eigenvalue weighted by atomic mass is 16.7. The van der Waals surface area contributed by atoms with Crippen molar-refractivity contribution in [1.82, 2.24) is 10.2 Å². The average Bonchev–Trinajstić information content (AvgIpc) is 2.61. The van der Waals surface area contributed by atoms with E-state index >= 15 is 0 Å². The Morgan fingerprint density at radius 3 is 2.19 bits per heavy atom. The molecule has 2 heterocycles. The van der Waals surface area contributed by atoms with E-state index in [0.29, 0.717) is 6.04 Å². The number of rotatable bonds is 4. The van der Waals surface area contributed by atoms with Gasteiger partial charge in [0.05, 0.1) is 11.2 Å². The number of hydrogen-bond acceptors (Lipinski definition) is 5. The van der Waals surface area contributed by atoms with Crippen LogP contribution < -0.4 is 5.32 Å². The number of allylic oxidation sites excluding steroid dienone is 1. The summed E-state index contributed by atoms with van der Waals surface area (Å²) in [7, 11) is 1.69. The van der Waals surface area contributed by atoms with E-state index in [0.717, 1.165) is 31.4 Å². The number of likely N-dealkylation sites (tertiary alicyclic amines) is 1. The van der Waals surface area contributed by atoms with Crippen LogP contribution in [0.15, 0.2) is 11.7 Å². The number of nitrogens with one attached hydrogen (secondary N) is 2. The lowest BCUT2D eigenvalue weighted by atomic mass is 9.79. The van der Waals surface area contributed by atoms with Crippen molar-refractivity contribution in [2.24, 2.45) is 0 Å². The van der Waals surface area contributed by atoms with E-state index in [2.05, 4.69) is 17.3 Å². The predicted molar refractivity (Wildman–Crippen MR) is 86.6 cm³/mol. The van der Waals surface area contributed by atoms with E-state index in [4.69, 9.17) is 14.7 Å². The highest BCUT2D eigenvalue weighted by molar-refractivity contribution is 6.60. The molecule has 0 radical (unpaired) electrons. The zero-order valence-electron chi connectivity index (χ0n) is 13.9. The molecule has 0 atom stereocenters. The highest BCUT2D eigenvalue weighted by Gasteiger charge is 2.52. The molecule has 0 amide bonds. The van der Waals surface area contributed by atoms with Crippen LogP contribution in [0.2, 0.25) is 0 Å². The van der Waals surface area contributed by atoms with Crippen LogP contribution in [0.1, 0.15) is 40.5 Å². The second kappa shape index (κ2) is 6.11. The van der Waals surface area contributed by atoms with E-state index in [9.17, 15) is 0 Å². The summed E-state index contributed by atoms with van der Waals surface area (Å²) in [6.45, 7) is 10.3. The predicted octanol–water partition coefficient (Wildman–Crippen LogP) is 1.84. The Labute approximate surface area is 128 Å². The molecule has 118 valence electrons. The summed E-state index contributed by atoms with van der Waals surface area (Å²) in [5.74, 6) is 0.